The highest BCUT2D eigenvalue weighted by molar-refractivity contribution is 5.95. The topological polar surface area (TPSA) is 91.6 Å². The van der Waals surface area contributed by atoms with Crippen molar-refractivity contribution in [2.24, 2.45) is 5.73 Å². The number of anilines is 2. The van der Waals surface area contributed by atoms with Gasteiger partial charge in [-0.3, -0.25) is 14.5 Å². The van der Waals surface area contributed by atoms with E-state index in [1.165, 1.54) is 12.3 Å². The molecule has 0 saturated carbocycles. The zero-order valence-corrected chi connectivity index (χ0v) is 14.2. The Morgan fingerprint density at radius 2 is 1.81 bits per heavy atom. The van der Waals surface area contributed by atoms with Crippen LogP contribution in [0.4, 0.5) is 15.8 Å². The van der Waals surface area contributed by atoms with E-state index in [4.69, 9.17) is 5.73 Å². The van der Waals surface area contributed by atoms with Crippen LogP contribution in [0.2, 0.25) is 0 Å². The number of nitrogens with two attached hydrogens (primary N) is 1. The van der Waals surface area contributed by atoms with Crippen molar-refractivity contribution in [2.45, 2.75) is 0 Å². The van der Waals surface area contributed by atoms with E-state index >= 15 is 0 Å². The lowest BCUT2D eigenvalue weighted by atomic mass is 10.2. The van der Waals surface area contributed by atoms with Crippen molar-refractivity contribution >= 4 is 23.2 Å². The minimum atomic E-state index is -0.505. The molecule has 0 unspecified atom stereocenters. The number of rotatable bonds is 5. The minimum Gasteiger partial charge on any atom is -0.369 e. The van der Waals surface area contributed by atoms with Crippen LogP contribution in [0.3, 0.4) is 0 Å². The molecule has 0 aliphatic carbocycles. The highest BCUT2D eigenvalue weighted by Crippen LogP contribution is 2.16. The first-order valence-electron chi connectivity index (χ1n) is 8.30. The molecule has 2 heterocycles. The van der Waals surface area contributed by atoms with Gasteiger partial charge in [0.15, 0.2) is 0 Å². The van der Waals surface area contributed by atoms with Crippen LogP contribution < -0.4 is 16.0 Å². The predicted molar refractivity (Wildman–Crippen MR) is 96.4 cm³/mol. The van der Waals surface area contributed by atoms with Gasteiger partial charge in [0.05, 0.1) is 6.54 Å². The second-order valence-electron chi connectivity index (χ2n) is 6.09. The maximum Gasteiger partial charge on any atom is 0.248 e. The van der Waals surface area contributed by atoms with Crippen molar-refractivity contribution in [1.29, 1.82) is 0 Å². The standard InChI is InChI=1S/C18H20FN5O2/c19-16-11-15(5-6-21-16)24-9-7-23(8-10-24)12-17(25)22-14-3-1-13(2-4-14)18(20)26/h1-6,11H,7-10,12H2,(H2,20,26)(H,22,25). The number of carbonyl (C=O) groups excluding carboxylic acids is 2. The van der Waals surface area contributed by atoms with E-state index < -0.39 is 11.9 Å². The zero-order valence-electron chi connectivity index (χ0n) is 14.2. The van der Waals surface area contributed by atoms with E-state index in [2.05, 4.69) is 15.2 Å². The number of nitrogens with one attached hydrogen (secondary N) is 1. The Bertz CT molecular complexity index is 788. The van der Waals surface area contributed by atoms with Crippen molar-refractivity contribution in [1.82, 2.24) is 9.88 Å². The molecule has 1 aliphatic heterocycles. The summed E-state index contributed by atoms with van der Waals surface area (Å²) in [6, 6.07) is 9.64. The Balaban J connectivity index is 1.48. The highest BCUT2D eigenvalue weighted by atomic mass is 19.1. The Kier molecular flexibility index (Phi) is 5.43. The Labute approximate surface area is 150 Å². The molecule has 26 heavy (non-hydrogen) atoms. The van der Waals surface area contributed by atoms with Gasteiger partial charge in [-0.1, -0.05) is 0 Å². The molecule has 1 aromatic heterocycles. The van der Waals surface area contributed by atoms with Crippen LogP contribution in [-0.2, 0) is 4.79 Å². The van der Waals surface area contributed by atoms with E-state index in [1.54, 1.807) is 30.3 Å². The van der Waals surface area contributed by atoms with Crippen LogP contribution in [0.25, 0.3) is 0 Å². The minimum absolute atomic E-state index is 0.125. The van der Waals surface area contributed by atoms with Gasteiger partial charge in [-0.15, -0.1) is 0 Å². The van der Waals surface area contributed by atoms with Crippen LogP contribution >= 0.6 is 0 Å². The van der Waals surface area contributed by atoms with E-state index in [0.717, 1.165) is 5.69 Å². The number of pyridine rings is 1. The fourth-order valence-electron chi connectivity index (χ4n) is 2.87. The number of benzene rings is 1. The molecule has 2 amide bonds. The monoisotopic (exact) mass is 357 g/mol. The highest BCUT2D eigenvalue weighted by Gasteiger charge is 2.19. The SMILES string of the molecule is NC(=O)c1ccc(NC(=O)CN2CCN(c3ccnc(F)c3)CC2)cc1. The molecule has 0 spiro atoms. The second-order valence-corrected chi connectivity index (χ2v) is 6.09. The normalized spacial score (nSPS) is 14.9. The van der Waals surface area contributed by atoms with E-state index in [1.807, 2.05) is 4.90 Å². The van der Waals surface area contributed by atoms with Crippen LogP contribution in [-0.4, -0.2) is 54.4 Å². The molecule has 0 atom stereocenters. The first-order valence-corrected chi connectivity index (χ1v) is 8.30. The second kappa shape index (κ2) is 7.92. The molecule has 0 bridgehead atoms. The third kappa shape index (κ3) is 4.54. The molecular formula is C18H20FN5O2. The summed E-state index contributed by atoms with van der Waals surface area (Å²) in [5.41, 5.74) is 7.00. The summed E-state index contributed by atoms with van der Waals surface area (Å²) in [6.07, 6.45) is 1.45. The average Bonchev–Trinajstić information content (AvgIpc) is 2.62. The third-order valence-corrected chi connectivity index (χ3v) is 4.27. The van der Waals surface area contributed by atoms with Crippen molar-refractivity contribution < 1.29 is 14.0 Å². The van der Waals surface area contributed by atoms with Gasteiger partial charge in [0.2, 0.25) is 17.8 Å². The number of hydrogen-bond acceptors (Lipinski definition) is 5. The van der Waals surface area contributed by atoms with Gasteiger partial charge >= 0.3 is 0 Å². The summed E-state index contributed by atoms with van der Waals surface area (Å²) in [6.45, 7) is 3.11. The van der Waals surface area contributed by atoms with Gasteiger partial charge in [-0.25, -0.2) is 4.98 Å². The average molecular weight is 357 g/mol. The first kappa shape index (κ1) is 17.8. The lowest BCUT2D eigenvalue weighted by Gasteiger charge is -2.35. The van der Waals surface area contributed by atoms with Gasteiger partial charge in [-0.2, -0.15) is 4.39 Å². The van der Waals surface area contributed by atoms with Crippen LogP contribution in [0.15, 0.2) is 42.6 Å². The summed E-state index contributed by atoms with van der Waals surface area (Å²) in [7, 11) is 0. The van der Waals surface area contributed by atoms with Gasteiger partial charge in [0, 0.05) is 55.4 Å². The molecule has 1 saturated heterocycles. The zero-order chi connectivity index (χ0) is 18.5. The number of aromatic nitrogens is 1. The van der Waals surface area contributed by atoms with Crippen molar-refractivity contribution in [2.75, 3.05) is 42.9 Å². The molecule has 0 radical (unpaired) electrons. The fourth-order valence-corrected chi connectivity index (χ4v) is 2.87. The number of nitrogens with zero attached hydrogens (tertiary/aromatic N) is 3. The first-order chi connectivity index (χ1) is 12.5. The summed E-state index contributed by atoms with van der Waals surface area (Å²) >= 11 is 0. The quantitative estimate of drug-likeness (QED) is 0.782. The largest absolute Gasteiger partial charge is 0.369 e. The van der Waals surface area contributed by atoms with Crippen LogP contribution in [0.1, 0.15) is 10.4 Å². The molecule has 2 aromatic rings. The lowest BCUT2D eigenvalue weighted by molar-refractivity contribution is -0.117. The van der Waals surface area contributed by atoms with Crippen LogP contribution in [0, 0.1) is 5.95 Å². The fraction of sp³-hybridized carbons (Fsp3) is 0.278. The Hall–Kier alpha value is -3.00. The lowest BCUT2D eigenvalue weighted by Crippen LogP contribution is -2.48. The van der Waals surface area contributed by atoms with E-state index in [9.17, 15) is 14.0 Å². The van der Waals surface area contributed by atoms with E-state index in [0.29, 0.717) is 37.4 Å². The molecule has 8 heteroatoms. The maximum absolute atomic E-state index is 13.2. The predicted octanol–water partition coefficient (Wildman–Crippen LogP) is 1.08. The maximum atomic E-state index is 13.2. The van der Waals surface area contributed by atoms with Crippen molar-refractivity contribution in [3.05, 3.63) is 54.1 Å². The molecule has 1 fully saturated rings. The number of hydrogen-bond donors (Lipinski definition) is 2. The number of piperazine rings is 1. The summed E-state index contributed by atoms with van der Waals surface area (Å²) in [5, 5.41) is 2.80. The smallest absolute Gasteiger partial charge is 0.248 e. The van der Waals surface area contributed by atoms with Gasteiger partial charge in [0.25, 0.3) is 0 Å². The molecule has 7 nitrogen and oxygen atoms in total. The Morgan fingerprint density at radius 3 is 2.42 bits per heavy atom. The van der Waals surface area contributed by atoms with Crippen LogP contribution in [0.5, 0.6) is 0 Å². The van der Waals surface area contributed by atoms with Crippen molar-refractivity contribution in [3.8, 4) is 0 Å². The number of carbonyl (C=O) groups is 2. The van der Waals surface area contributed by atoms with E-state index in [-0.39, 0.29) is 12.5 Å². The van der Waals surface area contributed by atoms with Crippen molar-refractivity contribution in [3.63, 3.8) is 0 Å². The summed E-state index contributed by atoms with van der Waals surface area (Å²) in [5.74, 6) is -1.12. The van der Waals surface area contributed by atoms with Gasteiger partial charge in [0.1, 0.15) is 0 Å². The number of primary amides is 1. The van der Waals surface area contributed by atoms with Gasteiger partial charge < -0.3 is 16.0 Å². The molecule has 1 aliphatic rings. The third-order valence-electron chi connectivity index (χ3n) is 4.27. The molecule has 3 N–H and O–H groups in total. The summed E-state index contributed by atoms with van der Waals surface area (Å²) in [4.78, 5) is 30.9. The number of amides is 2. The molecule has 136 valence electrons. The molecule has 3 rings (SSSR count). The van der Waals surface area contributed by atoms with Gasteiger partial charge in [-0.05, 0) is 30.3 Å². The Morgan fingerprint density at radius 1 is 1.12 bits per heavy atom. The summed E-state index contributed by atoms with van der Waals surface area (Å²) < 4.78 is 13.2. The number of halogens is 1. The molecular weight excluding hydrogens is 337 g/mol. The molecule has 1 aromatic carbocycles.